The molecule has 0 bridgehead atoms. The van der Waals surface area contributed by atoms with E-state index in [4.69, 9.17) is 4.74 Å². The predicted molar refractivity (Wildman–Crippen MR) is 130 cm³/mol. The van der Waals surface area contributed by atoms with Gasteiger partial charge in [-0.3, -0.25) is 0 Å². The van der Waals surface area contributed by atoms with Gasteiger partial charge in [0, 0.05) is 40.9 Å². The van der Waals surface area contributed by atoms with Crippen LogP contribution in [0.25, 0.3) is 10.9 Å². The van der Waals surface area contributed by atoms with E-state index in [9.17, 15) is 8.42 Å². The number of hydrogen-bond acceptors (Lipinski definition) is 4. The van der Waals surface area contributed by atoms with Crippen LogP contribution in [-0.2, 0) is 14.8 Å². The van der Waals surface area contributed by atoms with Gasteiger partial charge in [-0.25, -0.2) is 12.4 Å². The summed E-state index contributed by atoms with van der Waals surface area (Å²) in [5, 5.41) is 4.68. The van der Waals surface area contributed by atoms with Crippen LogP contribution in [0.15, 0.2) is 83.9 Å². The Hall–Kier alpha value is -3.09. The quantitative estimate of drug-likeness (QED) is 0.420. The van der Waals surface area contributed by atoms with E-state index in [0.717, 1.165) is 41.6 Å². The molecule has 6 heteroatoms. The van der Waals surface area contributed by atoms with Crippen LogP contribution in [-0.4, -0.2) is 19.0 Å². The van der Waals surface area contributed by atoms with Gasteiger partial charge in [0.1, 0.15) is 0 Å². The third kappa shape index (κ3) is 3.28. The van der Waals surface area contributed by atoms with Crippen LogP contribution in [0.3, 0.4) is 0 Å². The lowest BCUT2D eigenvalue weighted by molar-refractivity contribution is -0.0380. The van der Waals surface area contributed by atoms with E-state index in [1.54, 1.807) is 12.1 Å². The van der Waals surface area contributed by atoms with Gasteiger partial charge in [0.25, 0.3) is 10.0 Å². The molecule has 1 unspecified atom stereocenters. The van der Waals surface area contributed by atoms with E-state index in [1.807, 2.05) is 55.6 Å². The lowest BCUT2D eigenvalue weighted by atomic mass is 9.77. The first kappa shape index (κ1) is 20.5. The van der Waals surface area contributed by atoms with Crippen molar-refractivity contribution in [2.45, 2.75) is 36.8 Å². The van der Waals surface area contributed by atoms with Gasteiger partial charge < -0.3 is 10.1 Å². The molecule has 33 heavy (non-hydrogen) atoms. The number of fused-ring (bicyclic) bond motifs is 4. The average molecular weight is 459 g/mol. The van der Waals surface area contributed by atoms with Crippen molar-refractivity contribution >= 4 is 26.6 Å². The fourth-order valence-electron chi connectivity index (χ4n) is 5.37. The van der Waals surface area contributed by atoms with Gasteiger partial charge in [0.15, 0.2) is 0 Å². The Morgan fingerprint density at radius 2 is 1.70 bits per heavy atom. The molecule has 2 aliphatic rings. The highest BCUT2D eigenvalue weighted by Gasteiger charge is 2.41. The number of para-hydroxylation sites is 2. The summed E-state index contributed by atoms with van der Waals surface area (Å²) in [5.74, 6) is 0.231. The summed E-state index contributed by atoms with van der Waals surface area (Å²) in [6.45, 7) is 2.71. The maximum atomic E-state index is 13.7. The summed E-state index contributed by atoms with van der Waals surface area (Å²) < 4.78 is 35.0. The standard InChI is InChI=1S/C27H26N2O3S/c1-18-12-14-19(15-13-18)33(30,31)29-17-23(20-7-3-5-11-25(20)29)26-22-9-6-16-32-27(22)21-8-2-4-10-24(21)28-26/h2-5,7-8,10-15,17,22,26-28H,6,9,16H2,1H3/t22-,26?,27+/m0/s1. The number of rotatable bonds is 3. The SMILES string of the molecule is Cc1ccc(S(=O)(=O)n2cc(C3Nc4ccccc4[C@H]4OCCC[C@@H]34)c3ccccc32)cc1. The molecule has 1 fully saturated rings. The molecule has 3 atom stereocenters. The molecule has 3 heterocycles. The first-order valence-electron chi connectivity index (χ1n) is 11.4. The molecular formula is C27H26N2O3S. The van der Waals surface area contributed by atoms with Crippen molar-refractivity contribution in [3.63, 3.8) is 0 Å². The highest BCUT2D eigenvalue weighted by Crippen LogP contribution is 2.50. The van der Waals surface area contributed by atoms with Crippen molar-refractivity contribution in [3.8, 4) is 0 Å². The van der Waals surface area contributed by atoms with Crippen molar-refractivity contribution in [1.29, 1.82) is 0 Å². The third-order valence-electron chi connectivity index (χ3n) is 7.00. The zero-order valence-electron chi connectivity index (χ0n) is 18.4. The van der Waals surface area contributed by atoms with Crippen molar-refractivity contribution in [3.05, 3.63) is 95.7 Å². The van der Waals surface area contributed by atoms with Crippen LogP contribution in [0.1, 0.15) is 41.7 Å². The first-order valence-corrected chi connectivity index (χ1v) is 12.9. The Morgan fingerprint density at radius 1 is 0.939 bits per heavy atom. The Labute approximate surface area is 194 Å². The molecule has 1 N–H and O–H groups in total. The number of hydrogen-bond donors (Lipinski definition) is 1. The second-order valence-corrected chi connectivity index (χ2v) is 10.8. The molecule has 3 aromatic carbocycles. The number of aromatic nitrogens is 1. The summed E-state index contributed by atoms with van der Waals surface area (Å²) in [6.07, 6.45) is 3.86. The Balaban J connectivity index is 1.52. The number of ether oxygens (including phenoxy) is 1. The summed E-state index contributed by atoms with van der Waals surface area (Å²) >= 11 is 0. The minimum absolute atomic E-state index is 0.0111. The fourth-order valence-corrected chi connectivity index (χ4v) is 6.75. The first-order chi connectivity index (χ1) is 16.0. The van der Waals surface area contributed by atoms with E-state index in [2.05, 4.69) is 23.5 Å². The summed E-state index contributed by atoms with van der Waals surface area (Å²) in [7, 11) is -3.73. The largest absolute Gasteiger partial charge is 0.377 e. The molecular weight excluding hydrogens is 432 g/mol. The minimum atomic E-state index is -3.73. The van der Waals surface area contributed by atoms with E-state index in [0.29, 0.717) is 10.4 Å². The second-order valence-electron chi connectivity index (χ2n) is 9.02. The summed E-state index contributed by atoms with van der Waals surface area (Å²) in [4.78, 5) is 0.293. The number of aryl methyl sites for hydroxylation is 1. The lowest BCUT2D eigenvalue weighted by Crippen LogP contribution is -2.35. The van der Waals surface area contributed by atoms with Crippen LogP contribution in [0.5, 0.6) is 0 Å². The Bertz CT molecular complexity index is 1440. The topological polar surface area (TPSA) is 60.3 Å². The molecule has 6 rings (SSSR count). The van der Waals surface area contributed by atoms with Gasteiger partial charge in [0.2, 0.25) is 0 Å². The molecule has 2 aliphatic heterocycles. The van der Waals surface area contributed by atoms with Crippen molar-refractivity contribution in [2.24, 2.45) is 5.92 Å². The normalized spacial score (nSPS) is 22.4. The second kappa shape index (κ2) is 7.75. The molecule has 0 saturated carbocycles. The van der Waals surface area contributed by atoms with Crippen LogP contribution in [0, 0.1) is 12.8 Å². The van der Waals surface area contributed by atoms with E-state index in [-0.39, 0.29) is 18.1 Å². The smallest absolute Gasteiger partial charge is 0.268 e. The number of nitrogens with one attached hydrogen (secondary N) is 1. The maximum absolute atomic E-state index is 13.7. The lowest BCUT2D eigenvalue weighted by Gasteiger charge is -2.43. The minimum Gasteiger partial charge on any atom is -0.377 e. The summed E-state index contributed by atoms with van der Waals surface area (Å²) in [5.41, 5.74) is 4.97. The zero-order valence-corrected chi connectivity index (χ0v) is 19.3. The predicted octanol–water partition coefficient (Wildman–Crippen LogP) is 5.82. The molecule has 0 aliphatic carbocycles. The molecule has 0 amide bonds. The van der Waals surface area contributed by atoms with Crippen molar-refractivity contribution in [2.75, 3.05) is 11.9 Å². The molecule has 4 aromatic rings. The van der Waals surface area contributed by atoms with Crippen LogP contribution in [0.2, 0.25) is 0 Å². The summed E-state index contributed by atoms with van der Waals surface area (Å²) in [6, 6.07) is 23.1. The molecule has 168 valence electrons. The molecule has 0 radical (unpaired) electrons. The molecule has 1 saturated heterocycles. The highest BCUT2D eigenvalue weighted by molar-refractivity contribution is 7.90. The Kier molecular flexibility index (Phi) is 4.82. The van der Waals surface area contributed by atoms with E-state index in [1.165, 1.54) is 9.54 Å². The van der Waals surface area contributed by atoms with Gasteiger partial charge in [-0.2, -0.15) is 0 Å². The third-order valence-corrected chi connectivity index (χ3v) is 8.68. The Morgan fingerprint density at radius 3 is 2.55 bits per heavy atom. The number of benzene rings is 3. The van der Waals surface area contributed by atoms with Gasteiger partial charge >= 0.3 is 0 Å². The molecule has 5 nitrogen and oxygen atoms in total. The van der Waals surface area contributed by atoms with Crippen molar-refractivity contribution < 1.29 is 13.2 Å². The van der Waals surface area contributed by atoms with Crippen molar-refractivity contribution in [1.82, 2.24) is 3.97 Å². The average Bonchev–Trinajstić information content (AvgIpc) is 3.24. The van der Waals surface area contributed by atoms with Crippen LogP contribution in [0.4, 0.5) is 5.69 Å². The number of anilines is 1. The van der Waals surface area contributed by atoms with Gasteiger partial charge in [-0.15, -0.1) is 0 Å². The molecule has 1 aromatic heterocycles. The van der Waals surface area contributed by atoms with Gasteiger partial charge in [-0.05, 0) is 44.0 Å². The van der Waals surface area contributed by atoms with Crippen LogP contribution < -0.4 is 5.32 Å². The van der Waals surface area contributed by atoms with Gasteiger partial charge in [-0.1, -0.05) is 54.1 Å². The highest BCUT2D eigenvalue weighted by atomic mass is 32.2. The van der Waals surface area contributed by atoms with Crippen LogP contribution >= 0.6 is 0 Å². The van der Waals surface area contributed by atoms with E-state index >= 15 is 0 Å². The molecule has 0 spiro atoms. The zero-order chi connectivity index (χ0) is 22.6. The van der Waals surface area contributed by atoms with Gasteiger partial charge in [0.05, 0.1) is 22.6 Å². The fraction of sp³-hybridized carbons (Fsp3) is 0.259. The number of nitrogens with zero attached hydrogens (tertiary/aromatic N) is 1. The maximum Gasteiger partial charge on any atom is 0.268 e. The van der Waals surface area contributed by atoms with E-state index < -0.39 is 10.0 Å². The monoisotopic (exact) mass is 458 g/mol.